The zero-order valence-corrected chi connectivity index (χ0v) is 18.4. The van der Waals surface area contributed by atoms with Crippen LogP contribution in [-0.4, -0.2) is 16.6 Å². The molecule has 0 amide bonds. The van der Waals surface area contributed by atoms with Gasteiger partial charge in [0, 0.05) is 5.56 Å². The molecule has 1 aromatic heterocycles. The Balaban J connectivity index is 1.67. The fourth-order valence-electron chi connectivity index (χ4n) is 3.31. The SMILES string of the molecule is CCCCCCCCOOc1cnc(-c2ccc(CCCCCCC)cc2)nc1. The molecular weight excluding hydrogens is 360 g/mol. The Morgan fingerprint density at radius 1 is 0.690 bits per heavy atom. The summed E-state index contributed by atoms with van der Waals surface area (Å²) in [6.07, 6.45) is 18.5. The van der Waals surface area contributed by atoms with E-state index in [1.165, 1.54) is 69.8 Å². The normalized spacial score (nSPS) is 11.0. The molecule has 0 bridgehead atoms. The molecular formula is C25H38N2O2. The van der Waals surface area contributed by atoms with Gasteiger partial charge in [-0.05, 0) is 24.8 Å². The first kappa shape index (κ1) is 23.3. The van der Waals surface area contributed by atoms with Crippen molar-refractivity contribution in [2.24, 2.45) is 0 Å². The van der Waals surface area contributed by atoms with Crippen LogP contribution >= 0.6 is 0 Å². The molecule has 0 N–H and O–H groups in total. The van der Waals surface area contributed by atoms with E-state index in [4.69, 9.17) is 9.78 Å². The Morgan fingerprint density at radius 2 is 1.28 bits per heavy atom. The number of hydrogen-bond donors (Lipinski definition) is 0. The van der Waals surface area contributed by atoms with E-state index < -0.39 is 0 Å². The van der Waals surface area contributed by atoms with Crippen molar-refractivity contribution in [1.29, 1.82) is 0 Å². The van der Waals surface area contributed by atoms with Crippen molar-refractivity contribution in [2.45, 2.75) is 90.9 Å². The molecule has 160 valence electrons. The van der Waals surface area contributed by atoms with Crippen molar-refractivity contribution < 1.29 is 9.78 Å². The van der Waals surface area contributed by atoms with Crippen LogP contribution in [0.5, 0.6) is 5.75 Å². The van der Waals surface area contributed by atoms with Crippen LogP contribution in [-0.2, 0) is 11.3 Å². The molecule has 0 saturated heterocycles. The minimum atomic E-state index is 0.545. The zero-order chi connectivity index (χ0) is 20.6. The first-order valence-electron chi connectivity index (χ1n) is 11.5. The van der Waals surface area contributed by atoms with Crippen LogP contribution in [0.25, 0.3) is 11.4 Å². The molecule has 0 aliphatic heterocycles. The smallest absolute Gasteiger partial charge is 0.201 e. The van der Waals surface area contributed by atoms with Crippen molar-refractivity contribution in [1.82, 2.24) is 9.97 Å². The van der Waals surface area contributed by atoms with E-state index in [-0.39, 0.29) is 0 Å². The van der Waals surface area contributed by atoms with E-state index in [2.05, 4.69) is 48.1 Å². The molecule has 1 aromatic carbocycles. The van der Waals surface area contributed by atoms with Crippen molar-refractivity contribution in [3.05, 3.63) is 42.2 Å². The van der Waals surface area contributed by atoms with Gasteiger partial charge in [0.25, 0.3) is 0 Å². The lowest BCUT2D eigenvalue weighted by Gasteiger charge is -2.06. The summed E-state index contributed by atoms with van der Waals surface area (Å²) in [6, 6.07) is 8.58. The van der Waals surface area contributed by atoms with Gasteiger partial charge in [0.2, 0.25) is 5.75 Å². The maximum absolute atomic E-state index is 5.29. The summed E-state index contributed by atoms with van der Waals surface area (Å²) in [5.74, 6) is 1.26. The second-order valence-corrected chi connectivity index (χ2v) is 7.78. The monoisotopic (exact) mass is 398 g/mol. The van der Waals surface area contributed by atoms with Crippen LogP contribution in [0.15, 0.2) is 36.7 Å². The molecule has 0 saturated carbocycles. The molecule has 0 spiro atoms. The summed E-state index contributed by atoms with van der Waals surface area (Å²) in [7, 11) is 0. The van der Waals surface area contributed by atoms with Gasteiger partial charge >= 0.3 is 0 Å². The minimum Gasteiger partial charge on any atom is -0.334 e. The van der Waals surface area contributed by atoms with Gasteiger partial charge in [-0.3, -0.25) is 0 Å². The first-order chi connectivity index (χ1) is 14.3. The number of unbranched alkanes of at least 4 members (excludes halogenated alkanes) is 9. The Bertz CT molecular complexity index is 641. The van der Waals surface area contributed by atoms with E-state index in [1.54, 1.807) is 12.4 Å². The summed E-state index contributed by atoms with van der Waals surface area (Å²) in [4.78, 5) is 19.4. The molecule has 4 nitrogen and oxygen atoms in total. The highest BCUT2D eigenvalue weighted by atomic mass is 17.2. The van der Waals surface area contributed by atoms with Gasteiger partial charge in [-0.15, -0.1) is 0 Å². The lowest BCUT2D eigenvalue weighted by molar-refractivity contribution is -0.207. The molecule has 4 heteroatoms. The van der Waals surface area contributed by atoms with E-state index in [9.17, 15) is 0 Å². The number of nitrogens with zero attached hydrogens (tertiary/aromatic N) is 2. The predicted molar refractivity (Wildman–Crippen MR) is 120 cm³/mol. The minimum absolute atomic E-state index is 0.545. The molecule has 0 unspecified atom stereocenters. The van der Waals surface area contributed by atoms with Crippen LogP contribution in [0.4, 0.5) is 0 Å². The Morgan fingerprint density at radius 3 is 1.93 bits per heavy atom. The van der Waals surface area contributed by atoms with Gasteiger partial charge in [-0.25, -0.2) is 9.97 Å². The Labute approximate surface area is 177 Å². The third-order valence-corrected chi connectivity index (χ3v) is 5.15. The van der Waals surface area contributed by atoms with Gasteiger partial charge in [-0.2, -0.15) is 4.89 Å². The van der Waals surface area contributed by atoms with E-state index >= 15 is 0 Å². The molecule has 0 fully saturated rings. The maximum atomic E-state index is 5.29. The van der Waals surface area contributed by atoms with Gasteiger partial charge < -0.3 is 4.89 Å². The van der Waals surface area contributed by atoms with E-state index in [0.29, 0.717) is 18.2 Å². The first-order valence-corrected chi connectivity index (χ1v) is 11.5. The molecule has 0 radical (unpaired) electrons. The zero-order valence-electron chi connectivity index (χ0n) is 18.4. The molecule has 0 aliphatic rings. The van der Waals surface area contributed by atoms with Crippen molar-refractivity contribution in [3.8, 4) is 17.1 Å². The van der Waals surface area contributed by atoms with Crippen LogP contribution in [0, 0.1) is 0 Å². The van der Waals surface area contributed by atoms with Gasteiger partial charge in [0.15, 0.2) is 5.82 Å². The van der Waals surface area contributed by atoms with Crippen LogP contribution in [0.3, 0.4) is 0 Å². The molecule has 29 heavy (non-hydrogen) atoms. The third kappa shape index (κ3) is 9.89. The van der Waals surface area contributed by atoms with Crippen LogP contribution in [0.1, 0.15) is 90.0 Å². The topological polar surface area (TPSA) is 44.2 Å². The van der Waals surface area contributed by atoms with E-state index in [0.717, 1.165) is 18.4 Å². The number of benzene rings is 1. The largest absolute Gasteiger partial charge is 0.334 e. The van der Waals surface area contributed by atoms with Crippen LogP contribution in [0.2, 0.25) is 0 Å². The van der Waals surface area contributed by atoms with Crippen molar-refractivity contribution >= 4 is 0 Å². The molecule has 0 atom stereocenters. The summed E-state index contributed by atoms with van der Waals surface area (Å²) in [6.45, 7) is 5.09. The van der Waals surface area contributed by atoms with Crippen molar-refractivity contribution in [2.75, 3.05) is 6.61 Å². The highest BCUT2D eigenvalue weighted by molar-refractivity contribution is 5.55. The molecule has 2 aromatic rings. The highest BCUT2D eigenvalue weighted by Gasteiger charge is 2.04. The summed E-state index contributed by atoms with van der Waals surface area (Å²) >= 11 is 0. The Hall–Kier alpha value is -1.94. The average Bonchev–Trinajstić information content (AvgIpc) is 2.76. The average molecular weight is 399 g/mol. The molecule has 0 aliphatic carbocycles. The van der Waals surface area contributed by atoms with Gasteiger partial charge in [0.05, 0.1) is 19.0 Å². The van der Waals surface area contributed by atoms with Crippen LogP contribution < -0.4 is 4.89 Å². The lowest BCUT2D eigenvalue weighted by Crippen LogP contribution is -2.01. The predicted octanol–water partition coefficient (Wildman–Crippen LogP) is 7.33. The molecule has 2 rings (SSSR count). The fraction of sp³-hybridized carbons (Fsp3) is 0.600. The third-order valence-electron chi connectivity index (χ3n) is 5.15. The summed E-state index contributed by atoms with van der Waals surface area (Å²) in [5, 5.41) is 0. The quantitative estimate of drug-likeness (QED) is 0.169. The fourth-order valence-corrected chi connectivity index (χ4v) is 3.31. The standard InChI is InChI=1S/C25H38N2O2/c1-3-5-7-9-11-13-19-28-29-24-20-26-25(27-21-24)23-17-15-22(16-18-23)14-12-10-8-6-4-2/h15-18,20-21H,3-14,19H2,1-2H3. The second kappa shape index (κ2) is 15.0. The molecule has 1 heterocycles. The summed E-state index contributed by atoms with van der Waals surface area (Å²) in [5.41, 5.74) is 2.41. The second-order valence-electron chi connectivity index (χ2n) is 7.78. The Kier molecular flexibility index (Phi) is 12.1. The number of aryl methyl sites for hydroxylation is 1. The van der Waals surface area contributed by atoms with Gasteiger partial charge in [-0.1, -0.05) is 95.9 Å². The number of hydrogen-bond acceptors (Lipinski definition) is 4. The van der Waals surface area contributed by atoms with E-state index in [1.807, 2.05) is 0 Å². The highest BCUT2D eigenvalue weighted by Crippen LogP contribution is 2.19. The lowest BCUT2D eigenvalue weighted by atomic mass is 10.0. The number of rotatable bonds is 16. The van der Waals surface area contributed by atoms with Crippen molar-refractivity contribution in [3.63, 3.8) is 0 Å². The number of aromatic nitrogens is 2. The maximum Gasteiger partial charge on any atom is 0.201 e. The van der Waals surface area contributed by atoms with Gasteiger partial charge in [0.1, 0.15) is 0 Å². The summed E-state index contributed by atoms with van der Waals surface area (Å²) < 4.78 is 0.